The van der Waals surface area contributed by atoms with Gasteiger partial charge in [-0.15, -0.1) is 0 Å². The molecule has 0 saturated heterocycles. The van der Waals surface area contributed by atoms with Crippen molar-refractivity contribution in [3.05, 3.63) is 94.0 Å². The van der Waals surface area contributed by atoms with Gasteiger partial charge in [0.05, 0.1) is 6.04 Å². The fourth-order valence-electron chi connectivity index (χ4n) is 3.84. The lowest BCUT2D eigenvalue weighted by atomic mass is 9.99. The number of ketones is 1. The number of fused-ring (bicyclic) bond motifs is 1. The highest BCUT2D eigenvalue weighted by Crippen LogP contribution is 2.28. The molecule has 0 aliphatic carbocycles. The van der Waals surface area contributed by atoms with E-state index < -0.39 is 6.04 Å². The first-order valence-corrected chi connectivity index (χ1v) is 10.3. The minimum atomic E-state index is -0.641. The monoisotopic (exact) mass is 418 g/mol. The highest BCUT2D eigenvalue weighted by molar-refractivity contribution is 6.31. The lowest BCUT2D eigenvalue weighted by molar-refractivity contribution is -0.133. The molecule has 2 N–H and O–H groups in total. The Morgan fingerprint density at radius 3 is 2.13 bits per heavy atom. The predicted octanol–water partition coefficient (Wildman–Crippen LogP) is 4.62. The summed E-state index contributed by atoms with van der Waals surface area (Å²) in [6.07, 6.45) is 0.383. The zero-order valence-corrected chi connectivity index (χ0v) is 17.5. The van der Waals surface area contributed by atoms with Gasteiger partial charge in [-0.1, -0.05) is 72.3 Å². The molecule has 0 spiro atoms. The summed E-state index contributed by atoms with van der Waals surface area (Å²) in [5.74, 6) is -0.0270. The van der Waals surface area contributed by atoms with E-state index in [4.69, 9.17) is 17.3 Å². The maximum atomic E-state index is 12.8. The number of carbonyl (C=O) groups excluding carboxylic acids is 2. The molecule has 0 bridgehead atoms. The first kappa shape index (κ1) is 20.3. The Labute approximate surface area is 181 Å². The molecular formula is C25H23ClN2O2. The molecule has 1 heterocycles. The normalized spacial score (nSPS) is 13.8. The van der Waals surface area contributed by atoms with E-state index >= 15 is 0 Å². The Kier molecular flexibility index (Phi) is 5.71. The second-order valence-electron chi connectivity index (χ2n) is 7.71. The molecule has 30 heavy (non-hydrogen) atoms. The number of hydrogen-bond donors (Lipinski definition) is 1. The third kappa shape index (κ3) is 4.16. The summed E-state index contributed by atoms with van der Waals surface area (Å²) in [4.78, 5) is 26.1. The maximum absolute atomic E-state index is 12.8. The lowest BCUT2D eigenvalue weighted by Crippen LogP contribution is -2.42. The number of nitrogens with two attached hydrogens (primary N) is 1. The second kappa shape index (κ2) is 8.42. The summed E-state index contributed by atoms with van der Waals surface area (Å²) in [5, 5.41) is 0.580. The standard InChI is InChI=1S/C25H23ClN2O2/c1-16(29)17-6-8-18(9-7-17)19-10-11-20(23(26)12-19)13-24(27)25(30)28-14-21-4-2-3-5-22(21)15-28/h2-12,24H,13-15,27H2,1H3. The number of halogens is 1. The molecule has 0 fully saturated rings. The number of hydrogen-bond acceptors (Lipinski definition) is 3. The van der Waals surface area contributed by atoms with Crippen LogP contribution in [0, 0.1) is 0 Å². The van der Waals surface area contributed by atoms with Crippen LogP contribution < -0.4 is 5.73 Å². The van der Waals surface area contributed by atoms with Crippen LogP contribution in [0.3, 0.4) is 0 Å². The van der Waals surface area contributed by atoms with Crippen LogP contribution >= 0.6 is 11.6 Å². The van der Waals surface area contributed by atoms with Crippen molar-refractivity contribution < 1.29 is 9.59 Å². The van der Waals surface area contributed by atoms with Gasteiger partial charge >= 0.3 is 0 Å². The van der Waals surface area contributed by atoms with Crippen LogP contribution in [0.5, 0.6) is 0 Å². The number of amides is 1. The molecule has 3 aromatic carbocycles. The quantitative estimate of drug-likeness (QED) is 0.615. The SMILES string of the molecule is CC(=O)c1ccc(-c2ccc(CC(N)C(=O)N3Cc4ccccc4C3)c(Cl)c2)cc1. The van der Waals surface area contributed by atoms with E-state index in [2.05, 4.69) is 0 Å². The summed E-state index contributed by atoms with van der Waals surface area (Å²) >= 11 is 6.51. The molecule has 152 valence electrons. The molecule has 0 radical (unpaired) electrons. The van der Waals surface area contributed by atoms with Crippen molar-refractivity contribution in [1.82, 2.24) is 4.90 Å². The summed E-state index contributed by atoms with van der Waals surface area (Å²) in [5.41, 5.74) is 12.0. The molecule has 1 unspecified atom stereocenters. The first-order valence-electron chi connectivity index (χ1n) is 9.93. The fourth-order valence-corrected chi connectivity index (χ4v) is 4.10. The highest BCUT2D eigenvalue weighted by atomic mass is 35.5. The van der Waals surface area contributed by atoms with Gasteiger partial charge in [0.25, 0.3) is 0 Å². The molecule has 3 aromatic rings. The smallest absolute Gasteiger partial charge is 0.240 e. The first-order chi connectivity index (χ1) is 14.4. The third-order valence-corrected chi connectivity index (χ3v) is 5.94. The average Bonchev–Trinajstić information content (AvgIpc) is 3.19. The fraction of sp³-hybridized carbons (Fsp3) is 0.200. The number of Topliss-reactive ketones (excluding diaryl/α,β-unsaturated/α-hetero) is 1. The van der Waals surface area contributed by atoms with Crippen molar-refractivity contribution >= 4 is 23.3 Å². The van der Waals surface area contributed by atoms with Crippen molar-refractivity contribution in [3.8, 4) is 11.1 Å². The van der Waals surface area contributed by atoms with Crippen LogP contribution in [0.1, 0.15) is 34.0 Å². The third-order valence-electron chi connectivity index (χ3n) is 5.59. The molecule has 0 aromatic heterocycles. The molecule has 4 rings (SSSR count). The Bertz CT molecular complexity index is 1080. The Balaban J connectivity index is 1.44. The minimum Gasteiger partial charge on any atom is -0.333 e. The van der Waals surface area contributed by atoms with Crippen molar-refractivity contribution in [3.63, 3.8) is 0 Å². The van der Waals surface area contributed by atoms with Gasteiger partial charge in [-0.05, 0) is 47.2 Å². The Hall–Kier alpha value is -2.95. The van der Waals surface area contributed by atoms with E-state index in [0.717, 1.165) is 16.7 Å². The molecule has 1 amide bonds. The molecule has 5 heteroatoms. The van der Waals surface area contributed by atoms with Crippen LogP contribution in [-0.2, 0) is 24.3 Å². The van der Waals surface area contributed by atoms with Crippen LogP contribution in [0.15, 0.2) is 66.7 Å². The van der Waals surface area contributed by atoms with Gasteiger partial charge in [-0.3, -0.25) is 9.59 Å². The van der Waals surface area contributed by atoms with E-state index in [-0.39, 0.29) is 11.7 Å². The van der Waals surface area contributed by atoms with Crippen LogP contribution in [0.4, 0.5) is 0 Å². The Morgan fingerprint density at radius 2 is 1.57 bits per heavy atom. The summed E-state index contributed by atoms with van der Waals surface area (Å²) < 4.78 is 0. The van der Waals surface area contributed by atoms with E-state index in [0.29, 0.717) is 30.1 Å². The van der Waals surface area contributed by atoms with Gasteiger partial charge in [0.2, 0.25) is 5.91 Å². The van der Waals surface area contributed by atoms with Crippen molar-refractivity contribution in [2.75, 3.05) is 0 Å². The zero-order valence-electron chi connectivity index (χ0n) is 16.8. The number of rotatable bonds is 5. The molecule has 1 atom stereocenters. The van der Waals surface area contributed by atoms with Crippen molar-refractivity contribution in [2.45, 2.75) is 32.5 Å². The van der Waals surface area contributed by atoms with E-state index in [9.17, 15) is 9.59 Å². The van der Waals surface area contributed by atoms with Gasteiger partial charge in [0, 0.05) is 23.7 Å². The molecule has 4 nitrogen and oxygen atoms in total. The van der Waals surface area contributed by atoms with Gasteiger partial charge in [0.15, 0.2) is 5.78 Å². The van der Waals surface area contributed by atoms with Gasteiger partial charge < -0.3 is 10.6 Å². The zero-order chi connectivity index (χ0) is 21.3. The topological polar surface area (TPSA) is 63.4 Å². The second-order valence-corrected chi connectivity index (χ2v) is 8.12. The Morgan fingerprint density at radius 1 is 0.967 bits per heavy atom. The van der Waals surface area contributed by atoms with Crippen LogP contribution in [0.25, 0.3) is 11.1 Å². The van der Waals surface area contributed by atoms with E-state index in [1.54, 1.807) is 11.8 Å². The summed E-state index contributed by atoms with van der Waals surface area (Å²) in [6, 6.07) is 20.6. The molecule has 0 saturated carbocycles. The molecule has 1 aliphatic rings. The highest BCUT2D eigenvalue weighted by Gasteiger charge is 2.27. The number of benzene rings is 3. The molecular weight excluding hydrogens is 396 g/mol. The van der Waals surface area contributed by atoms with Crippen LogP contribution in [-0.4, -0.2) is 22.6 Å². The minimum absolute atomic E-state index is 0.0367. The van der Waals surface area contributed by atoms with Crippen molar-refractivity contribution in [1.29, 1.82) is 0 Å². The van der Waals surface area contributed by atoms with Gasteiger partial charge in [-0.25, -0.2) is 0 Å². The van der Waals surface area contributed by atoms with E-state index in [1.807, 2.05) is 66.7 Å². The largest absolute Gasteiger partial charge is 0.333 e. The van der Waals surface area contributed by atoms with E-state index in [1.165, 1.54) is 11.1 Å². The number of carbonyl (C=O) groups is 2. The molecule has 1 aliphatic heterocycles. The predicted molar refractivity (Wildman–Crippen MR) is 119 cm³/mol. The van der Waals surface area contributed by atoms with Gasteiger partial charge in [0.1, 0.15) is 0 Å². The van der Waals surface area contributed by atoms with Crippen molar-refractivity contribution in [2.24, 2.45) is 5.73 Å². The average molecular weight is 419 g/mol. The van der Waals surface area contributed by atoms with Crippen LogP contribution in [0.2, 0.25) is 5.02 Å². The maximum Gasteiger partial charge on any atom is 0.240 e. The summed E-state index contributed by atoms with van der Waals surface area (Å²) in [7, 11) is 0. The number of nitrogens with zero attached hydrogens (tertiary/aromatic N) is 1. The van der Waals surface area contributed by atoms with Gasteiger partial charge in [-0.2, -0.15) is 0 Å². The lowest BCUT2D eigenvalue weighted by Gasteiger charge is -2.21. The summed E-state index contributed by atoms with van der Waals surface area (Å²) in [6.45, 7) is 2.75.